The molecule has 6 heteroatoms. The van der Waals surface area contributed by atoms with Gasteiger partial charge >= 0.3 is 0 Å². The van der Waals surface area contributed by atoms with Crippen LogP contribution in [0.15, 0.2) is 30.3 Å². The highest BCUT2D eigenvalue weighted by molar-refractivity contribution is 6.05. The van der Waals surface area contributed by atoms with Crippen LogP contribution in [0.1, 0.15) is 59.4 Å². The van der Waals surface area contributed by atoms with E-state index in [1.165, 1.54) is 0 Å². The molecule has 6 nitrogen and oxygen atoms in total. The molecule has 0 radical (unpaired) electrons. The summed E-state index contributed by atoms with van der Waals surface area (Å²) in [6, 6.07) is 9.32. The molecule has 1 aliphatic heterocycles. The summed E-state index contributed by atoms with van der Waals surface area (Å²) in [5.74, 6) is 0.0222. The molecule has 0 spiro atoms. The van der Waals surface area contributed by atoms with Crippen LogP contribution >= 0.6 is 0 Å². The van der Waals surface area contributed by atoms with Crippen molar-refractivity contribution in [2.45, 2.75) is 45.6 Å². The number of hydrogen-bond acceptors (Lipinski definition) is 3. The molecule has 2 amide bonds. The zero-order chi connectivity index (χ0) is 18.5. The molecule has 1 aliphatic rings. The van der Waals surface area contributed by atoms with Gasteiger partial charge in [0.15, 0.2) is 11.5 Å². The first kappa shape index (κ1) is 18.2. The minimum Gasteiger partial charge on any atom is -0.339 e. The summed E-state index contributed by atoms with van der Waals surface area (Å²) in [6.07, 6.45) is 4.77. The van der Waals surface area contributed by atoms with Gasteiger partial charge in [-0.15, -0.1) is 0 Å². The van der Waals surface area contributed by atoms with E-state index in [0.717, 1.165) is 50.0 Å². The number of para-hydroxylation sites is 1. The number of amides is 2. The molecule has 2 heterocycles. The first-order chi connectivity index (χ1) is 12.6. The van der Waals surface area contributed by atoms with Gasteiger partial charge in [-0.25, -0.2) is 4.98 Å². The summed E-state index contributed by atoms with van der Waals surface area (Å²) in [6.45, 7) is 3.54. The average molecular weight is 354 g/mol. The monoisotopic (exact) mass is 354 g/mol. The van der Waals surface area contributed by atoms with Crippen LogP contribution in [0.3, 0.4) is 0 Å². The van der Waals surface area contributed by atoms with Gasteiger partial charge in [-0.05, 0) is 37.8 Å². The fourth-order valence-corrected chi connectivity index (χ4v) is 3.27. The maximum absolute atomic E-state index is 12.8. The fourth-order valence-electron chi connectivity index (χ4n) is 3.27. The predicted molar refractivity (Wildman–Crippen MR) is 101 cm³/mol. The number of unbranched alkanes of at least 4 members (excludes halogenated alkanes) is 1. The molecule has 1 N–H and O–H groups in total. The molecule has 3 rings (SSSR count). The summed E-state index contributed by atoms with van der Waals surface area (Å²) in [5.41, 5.74) is 1.97. The van der Waals surface area contributed by atoms with E-state index >= 15 is 0 Å². The average Bonchev–Trinajstić information content (AvgIpc) is 3.06. The Morgan fingerprint density at radius 1 is 1.23 bits per heavy atom. The van der Waals surface area contributed by atoms with Crippen LogP contribution < -0.4 is 5.32 Å². The number of rotatable bonds is 6. The number of carbonyl (C=O) groups excluding carboxylic acids is 2. The van der Waals surface area contributed by atoms with E-state index in [4.69, 9.17) is 0 Å². The minimum atomic E-state index is -0.253. The molecule has 2 aromatic rings. The number of nitrogens with one attached hydrogen (secondary N) is 1. The molecule has 0 saturated carbocycles. The maximum Gasteiger partial charge on any atom is 0.289 e. The Balaban J connectivity index is 1.88. The van der Waals surface area contributed by atoms with Crippen molar-refractivity contribution in [1.29, 1.82) is 0 Å². The number of benzene rings is 1. The Labute approximate surface area is 154 Å². The third-order valence-electron chi connectivity index (χ3n) is 4.75. The number of imidazole rings is 1. The van der Waals surface area contributed by atoms with Gasteiger partial charge in [0.05, 0.1) is 5.69 Å². The lowest BCUT2D eigenvalue weighted by Gasteiger charge is -2.20. The van der Waals surface area contributed by atoms with Crippen LogP contribution in [0.2, 0.25) is 0 Å². The molecule has 0 bridgehead atoms. The van der Waals surface area contributed by atoms with E-state index in [2.05, 4.69) is 17.2 Å². The van der Waals surface area contributed by atoms with E-state index in [9.17, 15) is 9.59 Å². The second-order valence-corrected chi connectivity index (χ2v) is 6.74. The fraction of sp³-hybridized carbons (Fsp3) is 0.450. The molecule has 1 aromatic heterocycles. The lowest BCUT2D eigenvalue weighted by Crippen LogP contribution is -2.31. The van der Waals surface area contributed by atoms with Crippen molar-refractivity contribution in [3.8, 4) is 0 Å². The number of nitrogens with zero attached hydrogens (tertiary/aromatic N) is 3. The molecule has 0 atom stereocenters. The van der Waals surface area contributed by atoms with Crippen molar-refractivity contribution in [2.75, 3.05) is 18.9 Å². The molecule has 0 fully saturated rings. The maximum atomic E-state index is 12.8. The Bertz CT molecular complexity index is 783. The van der Waals surface area contributed by atoms with Crippen LogP contribution in [0.25, 0.3) is 0 Å². The smallest absolute Gasteiger partial charge is 0.289 e. The lowest BCUT2D eigenvalue weighted by atomic mass is 10.1. The van der Waals surface area contributed by atoms with Crippen LogP contribution in [0, 0.1) is 0 Å². The zero-order valence-corrected chi connectivity index (χ0v) is 15.5. The molecule has 0 saturated heterocycles. The standard InChI is InChI=1S/C20H26N4O2/c1-3-4-13-23(2)20(26)18-22-17(16-12-8-9-14-24(16)18)19(25)21-15-10-6-5-7-11-15/h5-7,10-11H,3-4,8-9,12-14H2,1-2H3,(H,21,25). The van der Waals surface area contributed by atoms with Gasteiger partial charge in [-0.3, -0.25) is 9.59 Å². The van der Waals surface area contributed by atoms with Crippen LogP contribution in [0.4, 0.5) is 5.69 Å². The van der Waals surface area contributed by atoms with E-state index in [1.54, 1.807) is 11.9 Å². The molecule has 0 aliphatic carbocycles. The number of aromatic nitrogens is 2. The zero-order valence-electron chi connectivity index (χ0n) is 15.5. The molecule has 26 heavy (non-hydrogen) atoms. The van der Waals surface area contributed by atoms with Crippen LogP contribution in [-0.4, -0.2) is 39.9 Å². The van der Waals surface area contributed by atoms with Crippen molar-refractivity contribution in [2.24, 2.45) is 0 Å². The van der Waals surface area contributed by atoms with Crippen molar-refractivity contribution < 1.29 is 9.59 Å². The minimum absolute atomic E-state index is 0.111. The highest BCUT2D eigenvalue weighted by Gasteiger charge is 2.28. The Morgan fingerprint density at radius 3 is 2.73 bits per heavy atom. The molecule has 138 valence electrons. The van der Waals surface area contributed by atoms with Crippen molar-refractivity contribution in [3.63, 3.8) is 0 Å². The SMILES string of the molecule is CCCCN(C)C(=O)c1nc(C(=O)Nc2ccccc2)c2n1CCCC2. The molecular weight excluding hydrogens is 328 g/mol. The van der Waals surface area contributed by atoms with Gasteiger partial charge < -0.3 is 14.8 Å². The van der Waals surface area contributed by atoms with Gasteiger partial charge in [0.1, 0.15) is 0 Å². The molecule has 0 unspecified atom stereocenters. The normalized spacial score (nSPS) is 13.2. The van der Waals surface area contributed by atoms with Crippen molar-refractivity contribution in [3.05, 3.63) is 47.5 Å². The van der Waals surface area contributed by atoms with Gasteiger partial charge in [0, 0.05) is 25.8 Å². The lowest BCUT2D eigenvalue weighted by molar-refractivity contribution is 0.0775. The summed E-state index contributed by atoms with van der Waals surface area (Å²) in [7, 11) is 1.80. The van der Waals surface area contributed by atoms with Gasteiger partial charge in [-0.1, -0.05) is 31.5 Å². The van der Waals surface area contributed by atoms with E-state index in [1.807, 2.05) is 34.9 Å². The first-order valence-electron chi connectivity index (χ1n) is 9.33. The summed E-state index contributed by atoms with van der Waals surface area (Å²) >= 11 is 0. The Kier molecular flexibility index (Phi) is 5.71. The Morgan fingerprint density at radius 2 is 2.00 bits per heavy atom. The molecule has 1 aromatic carbocycles. The first-order valence-corrected chi connectivity index (χ1v) is 9.33. The second-order valence-electron chi connectivity index (χ2n) is 6.74. The summed E-state index contributed by atoms with van der Waals surface area (Å²) < 4.78 is 1.94. The molecular formula is C20H26N4O2. The number of carbonyl (C=O) groups is 2. The largest absolute Gasteiger partial charge is 0.339 e. The van der Waals surface area contributed by atoms with Gasteiger partial charge in [-0.2, -0.15) is 0 Å². The van der Waals surface area contributed by atoms with Crippen molar-refractivity contribution >= 4 is 17.5 Å². The third-order valence-corrected chi connectivity index (χ3v) is 4.75. The van der Waals surface area contributed by atoms with Crippen LogP contribution in [-0.2, 0) is 13.0 Å². The summed E-state index contributed by atoms with van der Waals surface area (Å²) in [5, 5.41) is 2.88. The van der Waals surface area contributed by atoms with E-state index < -0.39 is 0 Å². The third kappa shape index (κ3) is 3.79. The number of hydrogen-bond donors (Lipinski definition) is 1. The number of fused-ring (bicyclic) bond motifs is 1. The predicted octanol–water partition coefficient (Wildman–Crippen LogP) is 3.34. The van der Waals surface area contributed by atoms with Gasteiger partial charge in [0.25, 0.3) is 11.8 Å². The van der Waals surface area contributed by atoms with Crippen LogP contribution in [0.5, 0.6) is 0 Å². The quantitative estimate of drug-likeness (QED) is 0.865. The second kappa shape index (κ2) is 8.17. The van der Waals surface area contributed by atoms with Crippen molar-refractivity contribution in [1.82, 2.24) is 14.5 Å². The van der Waals surface area contributed by atoms with Gasteiger partial charge in [0.2, 0.25) is 0 Å². The Hall–Kier alpha value is -2.63. The van der Waals surface area contributed by atoms with E-state index in [0.29, 0.717) is 18.1 Å². The summed E-state index contributed by atoms with van der Waals surface area (Å²) in [4.78, 5) is 31.8. The van der Waals surface area contributed by atoms with E-state index in [-0.39, 0.29) is 11.8 Å². The highest BCUT2D eigenvalue weighted by Crippen LogP contribution is 2.23. The highest BCUT2D eigenvalue weighted by atomic mass is 16.2. The topological polar surface area (TPSA) is 67.2 Å². The number of anilines is 1.